The van der Waals surface area contributed by atoms with Crippen LogP contribution in [0.3, 0.4) is 0 Å². The van der Waals surface area contributed by atoms with E-state index >= 15 is 0 Å². The number of carbonyl (C=O) groups is 2. The maximum atomic E-state index is 14.0. The predicted molar refractivity (Wildman–Crippen MR) is 152 cm³/mol. The first-order valence-electron chi connectivity index (χ1n) is 14.7. The third kappa shape index (κ3) is 5.71. The number of carboxylic acids is 1. The van der Waals surface area contributed by atoms with E-state index in [-0.39, 0.29) is 41.0 Å². The number of hydrogen-bond donors (Lipinski definition) is 1. The van der Waals surface area contributed by atoms with Crippen molar-refractivity contribution in [1.82, 2.24) is 9.80 Å². The number of fused-ring (bicyclic) bond motifs is 1. The SMILES string of the molecule is C[C@H]1CN([C@@H]2CC[C@@](C(=O)N3CCc4c(Cl)cc(C(F)(F)F)cc4C3)(C3CC3)OC2)CCN1c1ccc(F)c(C(=O)O)c1. The number of benzene rings is 2. The molecular weight excluding hydrogens is 590 g/mol. The largest absolute Gasteiger partial charge is 0.478 e. The molecule has 1 aliphatic carbocycles. The van der Waals surface area contributed by atoms with Crippen molar-refractivity contribution in [3.05, 3.63) is 63.4 Å². The van der Waals surface area contributed by atoms with Crippen LogP contribution in [0.5, 0.6) is 0 Å². The molecule has 7 nitrogen and oxygen atoms in total. The average Bonchev–Trinajstić information content (AvgIpc) is 3.82. The van der Waals surface area contributed by atoms with Crippen LogP contribution in [0.2, 0.25) is 5.02 Å². The summed E-state index contributed by atoms with van der Waals surface area (Å²) in [6.07, 6.45) is -1.06. The number of carboxylic acid groups (broad SMARTS) is 1. The molecule has 2 saturated heterocycles. The van der Waals surface area contributed by atoms with Crippen molar-refractivity contribution in [2.45, 2.75) is 69.4 Å². The number of halogens is 5. The highest BCUT2D eigenvalue weighted by Crippen LogP contribution is 2.49. The molecule has 0 bridgehead atoms. The zero-order chi connectivity index (χ0) is 30.7. The normalized spacial score (nSPS) is 26.7. The molecule has 12 heteroatoms. The topological polar surface area (TPSA) is 73.3 Å². The van der Waals surface area contributed by atoms with Gasteiger partial charge < -0.3 is 19.6 Å². The van der Waals surface area contributed by atoms with Gasteiger partial charge in [-0.1, -0.05) is 11.6 Å². The van der Waals surface area contributed by atoms with Gasteiger partial charge in [-0.05, 0) is 86.4 Å². The first-order chi connectivity index (χ1) is 20.4. The van der Waals surface area contributed by atoms with E-state index in [0.29, 0.717) is 62.4 Å². The molecule has 1 saturated carbocycles. The lowest BCUT2D eigenvalue weighted by Crippen LogP contribution is -2.61. The molecular formula is C31H34ClF4N3O4. The molecule has 0 radical (unpaired) electrons. The second-order valence-electron chi connectivity index (χ2n) is 12.2. The maximum Gasteiger partial charge on any atom is 0.416 e. The van der Waals surface area contributed by atoms with Crippen LogP contribution in [0.1, 0.15) is 59.7 Å². The van der Waals surface area contributed by atoms with E-state index in [1.165, 1.54) is 12.1 Å². The van der Waals surface area contributed by atoms with E-state index in [0.717, 1.165) is 31.4 Å². The van der Waals surface area contributed by atoms with Crippen LogP contribution in [0, 0.1) is 11.7 Å². The number of amides is 1. The second-order valence-corrected chi connectivity index (χ2v) is 12.7. The van der Waals surface area contributed by atoms with Gasteiger partial charge in [-0.3, -0.25) is 9.69 Å². The Labute approximate surface area is 252 Å². The zero-order valence-corrected chi connectivity index (χ0v) is 24.6. The Hall–Kier alpha value is -2.89. The average molecular weight is 624 g/mol. The molecule has 2 aromatic carbocycles. The lowest BCUT2D eigenvalue weighted by atomic mass is 9.84. The van der Waals surface area contributed by atoms with Gasteiger partial charge in [-0.15, -0.1) is 0 Å². The molecule has 3 heterocycles. The molecule has 1 N–H and O–H groups in total. The quantitative estimate of drug-likeness (QED) is 0.436. The van der Waals surface area contributed by atoms with Crippen LogP contribution in [0.4, 0.5) is 23.2 Å². The molecule has 6 rings (SSSR count). The number of anilines is 1. The minimum absolute atomic E-state index is 0.0411. The molecule has 43 heavy (non-hydrogen) atoms. The summed E-state index contributed by atoms with van der Waals surface area (Å²) in [5.74, 6) is -2.11. The predicted octanol–water partition coefficient (Wildman–Crippen LogP) is 5.62. The highest BCUT2D eigenvalue weighted by molar-refractivity contribution is 6.31. The van der Waals surface area contributed by atoms with Crippen molar-refractivity contribution in [3.63, 3.8) is 0 Å². The van der Waals surface area contributed by atoms with E-state index in [1.54, 1.807) is 11.0 Å². The Kier molecular flexibility index (Phi) is 7.88. The van der Waals surface area contributed by atoms with Crippen molar-refractivity contribution in [2.75, 3.05) is 37.7 Å². The number of aromatic carboxylic acids is 1. The number of piperazine rings is 1. The molecule has 0 spiro atoms. The van der Waals surface area contributed by atoms with Gasteiger partial charge in [0, 0.05) is 55.5 Å². The summed E-state index contributed by atoms with van der Waals surface area (Å²) in [6, 6.07) is 6.37. The Balaban J connectivity index is 1.11. The van der Waals surface area contributed by atoms with Gasteiger partial charge in [0.25, 0.3) is 5.91 Å². The van der Waals surface area contributed by atoms with E-state index in [9.17, 15) is 32.3 Å². The van der Waals surface area contributed by atoms with E-state index < -0.39 is 29.1 Å². The van der Waals surface area contributed by atoms with E-state index in [2.05, 4.69) is 9.80 Å². The van der Waals surface area contributed by atoms with Gasteiger partial charge in [0.15, 0.2) is 0 Å². The summed E-state index contributed by atoms with van der Waals surface area (Å²) in [5, 5.41) is 9.40. The highest BCUT2D eigenvalue weighted by atomic mass is 35.5. The number of ether oxygens (including phenoxy) is 1. The summed E-state index contributed by atoms with van der Waals surface area (Å²) >= 11 is 6.21. The molecule has 1 amide bonds. The Bertz CT molecular complexity index is 1420. The van der Waals surface area contributed by atoms with Crippen LogP contribution in [-0.4, -0.2) is 77.3 Å². The second kappa shape index (κ2) is 11.2. The molecule has 3 atom stereocenters. The summed E-state index contributed by atoms with van der Waals surface area (Å²) in [4.78, 5) is 31.5. The third-order valence-electron chi connectivity index (χ3n) is 9.56. The van der Waals surface area contributed by atoms with Gasteiger partial charge in [0.05, 0.1) is 17.7 Å². The molecule has 2 aromatic rings. The summed E-state index contributed by atoms with van der Waals surface area (Å²) in [5.41, 5.74) is -0.366. The van der Waals surface area contributed by atoms with E-state index in [1.807, 2.05) is 6.92 Å². The summed E-state index contributed by atoms with van der Waals surface area (Å²) in [7, 11) is 0. The molecule has 0 aromatic heterocycles. The van der Waals surface area contributed by atoms with Crippen LogP contribution < -0.4 is 4.90 Å². The Morgan fingerprint density at radius 1 is 1.09 bits per heavy atom. The smallest absolute Gasteiger partial charge is 0.416 e. The first kappa shape index (κ1) is 30.1. The fourth-order valence-corrected chi connectivity index (χ4v) is 7.43. The lowest BCUT2D eigenvalue weighted by Gasteiger charge is -2.49. The molecule has 3 aliphatic heterocycles. The standard InChI is InChI=1S/C31H34ClF4N3O4/c1-18-15-37(10-11-39(18)22-4-5-27(33)25(14-22)28(40)41)23-6-8-30(43-17-23,20-2-3-20)29(42)38-9-7-24-19(16-38)12-21(13-26(24)32)31(34,35)36/h4-5,12-14,18,20,23H,2-3,6-11,15-17H2,1H3,(H,40,41)/t18-,23+,30-/m0/s1. The van der Waals surface area contributed by atoms with Crippen molar-refractivity contribution < 1.29 is 37.0 Å². The van der Waals surface area contributed by atoms with Gasteiger partial charge in [0.2, 0.25) is 0 Å². The van der Waals surface area contributed by atoms with Gasteiger partial charge in [0.1, 0.15) is 11.4 Å². The van der Waals surface area contributed by atoms with Crippen molar-refractivity contribution in [3.8, 4) is 0 Å². The van der Waals surface area contributed by atoms with Crippen LogP contribution in [0.25, 0.3) is 0 Å². The van der Waals surface area contributed by atoms with Crippen molar-refractivity contribution in [1.29, 1.82) is 0 Å². The summed E-state index contributed by atoms with van der Waals surface area (Å²) in [6.45, 7) is 4.91. The maximum absolute atomic E-state index is 14.0. The third-order valence-corrected chi connectivity index (χ3v) is 9.90. The van der Waals surface area contributed by atoms with Gasteiger partial charge in [-0.25, -0.2) is 9.18 Å². The fraction of sp³-hybridized carbons (Fsp3) is 0.548. The Morgan fingerprint density at radius 3 is 2.49 bits per heavy atom. The highest BCUT2D eigenvalue weighted by Gasteiger charge is 2.56. The molecule has 4 aliphatic rings. The minimum atomic E-state index is -4.52. The van der Waals surface area contributed by atoms with Crippen molar-refractivity contribution in [2.24, 2.45) is 5.92 Å². The summed E-state index contributed by atoms with van der Waals surface area (Å²) < 4.78 is 60.8. The fourth-order valence-electron chi connectivity index (χ4n) is 7.09. The number of carbonyl (C=O) groups excluding carboxylic acids is 1. The molecule has 232 valence electrons. The number of nitrogens with zero attached hydrogens (tertiary/aromatic N) is 3. The number of rotatable bonds is 5. The Morgan fingerprint density at radius 2 is 1.86 bits per heavy atom. The van der Waals surface area contributed by atoms with Crippen LogP contribution in [0.15, 0.2) is 30.3 Å². The lowest BCUT2D eigenvalue weighted by molar-refractivity contribution is -0.176. The van der Waals surface area contributed by atoms with Gasteiger partial charge in [-0.2, -0.15) is 13.2 Å². The van der Waals surface area contributed by atoms with Crippen molar-refractivity contribution >= 4 is 29.2 Å². The monoisotopic (exact) mass is 623 g/mol. The zero-order valence-electron chi connectivity index (χ0n) is 23.8. The van der Waals surface area contributed by atoms with E-state index in [4.69, 9.17) is 16.3 Å². The molecule has 0 unspecified atom stereocenters. The van der Waals surface area contributed by atoms with Crippen LogP contribution >= 0.6 is 11.6 Å². The minimum Gasteiger partial charge on any atom is -0.478 e. The number of hydrogen-bond acceptors (Lipinski definition) is 5. The van der Waals surface area contributed by atoms with Gasteiger partial charge >= 0.3 is 12.1 Å². The molecule has 3 fully saturated rings. The number of alkyl halides is 3. The van der Waals surface area contributed by atoms with Crippen LogP contribution in [-0.2, 0) is 28.7 Å². The first-order valence-corrected chi connectivity index (χ1v) is 15.1.